The zero-order chi connectivity index (χ0) is 30.3. The number of hydrogen-bond donors (Lipinski definition) is 2. The molecule has 0 saturated heterocycles. The first kappa shape index (κ1) is 28.9. The standard InChI is InChI=1S/C29H26F3N5O4S/c1-5-37-16(4)20(12-34-37)19-11-22(29(30,31)32)35-28-23(19)24(25(42-28)26(33)38)36-27(39)21-7-6-17(41-21)13-40-18-9-14(2)8-15(3)10-18/h6-12H,5,13H2,1-4H3,(H2,33,38)(H,36,39). The van der Waals surface area contributed by atoms with Gasteiger partial charge in [-0.1, -0.05) is 6.07 Å². The van der Waals surface area contributed by atoms with E-state index in [-0.39, 0.29) is 38.7 Å². The number of furan rings is 1. The molecule has 13 heteroatoms. The van der Waals surface area contributed by atoms with Crippen LogP contribution in [-0.2, 0) is 19.3 Å². The molecule has 0 unspecified atom stereocenters. The Morgan fingerprint density at radius 2 is 1.81 bits per heavy atom. The number of nitrogens with one attached hydrogen (secondary N) is 1. The average Bonchev–Trinajstić information content (AvgIpc) is 3.63. The highest BCUT2D eigenvalue weighted by molar-refractivity contribution is 7.21. The van der Waals surface area contributed by atoms with Crippen molar-refractivity contribution in [2.45, 2.75) is 47.0 Å². The fourth-order valence-electron chi connectivity index (χ4n) is 4.70. The molecule has 5 rings (SSSR count). The number of alkyl halides is 3. The third-order valence-electron chi connectivity index (χ3n) is 6.57. The summed E-state index contributed by atoms with van der Waals surface area (Å²) in [6.45, 7) is 8.01. The van der Waals surface area contributed by atoms with Gasteiger partial charge in [0.15, 0.2) is 5.76 Å². The van der Waals surface area contributed by atoms with E-state index in [0.29, 0.717) is 40.6 Å². The van der Waals surface area contributed by atoms with Gasteiger partial charge in [0.05, 0.1) is 11.9 Å². The van der Waals surface area contributed by atoms with Crippen molar-refractivity contribution in [2.24, 2.45) is 5.73 Å². The monoisotopic (exact) mass is 597 g/mol. The van der Waals surface area contributed by atoms with Crippen LogP contribution in [0.4, 0.5) is 18.9 Å². The largest absolute Gasteiger partial charge is 0.486 e. The number of benzene rings is 1. The molecule has 5 aromatic rings. The highest BCUT2D eigenvalue weighted by Gasteiger charge is 2.35. The Bertz CT molecular complexity index is 1820. The van der Waals surface area contributed by atoms with Crippen molar-refractivity contribution >= 4 is 39.1 Å². The van der Waals surface area contributed by atoms with Gasteiger partial charge in [0.1, 0.15) is 33.5 Å². The molecule has 9 nitrogen and oxygen atoms in total. The summed E-state index contributed by atoms with van der Waals surface area (Å²) < 4.78 is 54.6. The second kappa shape index (κ2) is 11.0. The summed E-state index contributed by atoms with van der Waals surface area (Å²) in [7, 11) is 0. The lowest BCUT2D eigenvalue weighted by molar-refractivity contribution is -0.140. The van der Waals surface area contributed by atoms with Crippen LogP contribution < -0.4 is 15.8 Å². The lowest BCUT2D eigenvalue weighted by Crippen LogP contribution is -2.16. The molecule has 0 atom stereocenters. The van der Waals surface area contributed by atoms with E-state index in [0.717, 1.165) is 17.2 Å². The minimum absolute atomic E-state index is 0.0546. The number of aromatic nitrogens is 3. The highest BCUT2D eigenvalue weighted by Crippen LogP contribution is 2.44. The lowest BCUT2D eigenvalue weighted by atomic mass is 10.0. The maximum absolute atomic E-state index is 13.8. The molecule has 0 aliphatic carbocycles. The number of aryl methyl sites for hydroxylation is 3. The fourth-order valence-corrected chi connectivity index (χ4v) is 5.71. The Hall–Kier alpha value is -4.65. The first-order valence-electron chi connectivity index (χ1n) is 12.8. The van der Waals surface area contributed by atoms with Gasteiger partial charge in [-0.15, -0.1) is 11.3 Å². The number of ether oxygens (including phenoxy) is 1. The predicted molar refractivity (Wildman–Crippen MR) is 152 cm³/mol. The molecule has 0 aliphatic heterocycles. The van der Waals surface area contributed by atoms with Crippen molar-refractivity contribution in [3.05, 3.63) is 81.5 Å². The first-order chi connectivity index (χ1) is 19.8. The summed E-state index contributed by atoms with van der Waals surface area (Å²) in [5.41, 5.74) is 7.55. The number of nitrogens with two attached hydrogens (primary N) is 1. The van der Waals surface area contributed by atoms with Gasteiger partial charge < -0.3 is 20.2 Å². The predicted octanol–water partition coefficient (Wildman–Crippen LogP) is 6.65. The molecular formula is C29H26F3N5O4S. The minimum atomic E-state index is -4.76. The van der Waals surface area contributed by atoms with E-state index in [2.05, 4.69) is 15.4 Å². The molecule has 2 amide bonds. The van der Waals surface area contributed by atoms with Crippen LogP contribution in [0.15, 0.2) is 47.0 Å². The van der Waals surface area contributed by atoms with E-state index >= 15 is 0 Å². The molecule has 0 bridgehead atoms. The Morgan fingerprint density at radius 3 is 2.43 bits per heavy atom. The smallest absolute Gasteiger partial charge is 0.433 e. The second-order valence-corrected chi connectivity index (χ2v) is 10.7. The van der Waals surface area contributed by atoms with Gasteiger partial charge in [-0.25, -0.2) is 4.98 Å². The van der Waals surface area contributed by atoms with Crippen LogP contribution in [-0.4, -0.2) is 26.6 Å². The van der Waals surface area contributed by atoms with E-state index in [1.807, 2.05) is 39.0 Å². The SMILES string of the molecule is CCn1ncc(-c2cc(C(F)(F)F)nc3sc(C(N)=O)c(NC(=O)c4ccc(COc5cc(C)cc(C)c5)o4)c23)c1C. The molecule has 0 spiro atoms. The topological polar surface area (TPSA) is 125 Å². The van der Waals surface area contributed by atoms with Gasteiger partial charge in [0.2, 0.25) is 0 Å². The lowest BCUT2D eigenvalue weighted by Gasteiger charge is -2.12. The molecule has 4 heterocycles. The molecule has 42 heavy (non-hydrogen) atoms. The number of rotatable bonds is 8. The number of thiophene rings is 1. The zero-order valence-electron chi connectivity index (χ0n) is 23.0. The van der Waals surface area contributed by atoms with Crippen molar-refractivity contribution in [3.8, 4) is 16.9 Å². The summed E-state index contributed by atoms with van der Waals surface area (Å²) in [6, 6.07) is 9.65. The molecule has 0 fully saturated rings. The fraction of sp³-hybridized carbons (Fsp3) is 0.241. The summed E-state index contributed by atoms with van der Waals surface area (Å²) in [6.07, 6.45) is -3.32. The van der Waals surface area contributed by atoms with Crippen molar-refractivity contribution in [2.75, 3.05) is 5.32 Å². The molecule has 0 saturated carbocycles. The van der Waals surface area contributed by atoms with Crippen LogP contribution in [0, 0.1) is 20.8 Å². The van der Waals surface area contributed by atoms with E-state index in [4.69, 9.17) is 14.9 Å². The number of hydrogen-bond acceptors (Lipinski definition) is 7. The normalized spacial score (nSPS) is 11.7. The second-order valence-electron chi connectivity index (χ2n) is 9.69. The molecular weight excluding hydrogens is 571 g/mol. The van der Waals surface area contributed by atoms with Crippen LogP contribution in [0.2, 0.25) is 0 Å². The number of pyridine rings is 1. The number of primary amides is 1. The van der Waals surface area contributed by atoms with Crippen molar-refractivity contribution in [3.63, 3.8) is 0 Å². The van der Waals surface area contributed by atoms with E-state index in [9.17, 15) is 22.8 Å². The molecule has 0 radical (unpaired) electrons. The number of anilines is 1. The summed E-state index contributed by atoms with van der Waals surface area (Å²) in [4.78, 5) is 29.2. The van der Waals surface area contributed by atoms with Crippen LogP contribution >= 0.6 is 11.3 Å². The van der Waals surface area contributed by atoms with Gasteiger partial charge in [0, 0.05) is 23.2 Å². The number of carbonyl (C=O) groups excluding carboxylic acids is 2. The quantitative estimate of drug-likeness (QED) is 0.206. The first-order valence-corrected chi connectivity index (χ1v) is 13.7. The Labute approximate surface area is 242 Å². The van der Waals surface area contributed by atoms with Crippen LogP contribution in [0.3, 0.4) is 0 Å². The summed E-state index contributed by atoms with van der Waals surface area (Å²) in [5, 5.41) is 7.02. The van der Waals surface area contributed by atoms with Gasteiger partial charge in [-0.2, -0.15) is 18.3 Å². The molecule has 218 valence electrons. The highest BCUT2D eigenvalue weighted by atomic mass is 32.1. The summed E-state index contributed by atoms with van der Waals surface area (Å²) in [5.74, 6) is -0.757. The molecule has 4 aromatic heterocycles. The van der Waals surface area contributed by atoms with Crippen molar-refractivity contribution in [1.82, 2.24) is 14.8 Å². The zero-order valence-corrected chi connectivity index (χ0v) is 23.9. The van der Waals surface area contributed by atoms with Crippen LogP contribution in [0.1, 0.15) is 55.4 Å². The average molecular weight is 598 g/mol. The Balaban J connectivity index is 1.53. The van der Waals surface area contributed by atoms with Gasteiger partial charge >= 0.3 is 6.18 Å². The van der Waals surface area contributed by atoms with Crippen LogP contribution in [0.5, 0.6) is 5.75 Å². The minimum Gasteiger partial charge on any atom is -0.486 e. The Kier molecular flexibility index (Phi) is 7.54. The van der Waals surface area contributed by atoms with Gasteiger partial charge in [0.25, 0.3) is 11.8 Å². The number of halogens is 3. The number of carbonyl (C=O) groups is 2. The van der Waals surface area contributed by atoms with Crippen molar-refractivity contribution < 1.29 is 31.9 Å². The van der Waals surface area contributed by atoms with E-state index in [1.165, 1.54) is 12.3 Å². The molecule has 1 aromatic carbocycles. The third kappa shape index (κ3) is 5.59. The number of amides is 2. The van der Waals surface area contributed by atoms with E-state index < -0.39 is 23.7 Å². The van der Waals surface area contributed by atoms with E-state index in [1.54, 1.807) is 17.7 Å². The maximum atomic E-state index is 13.8. The number of fused-ring (bicyclic) bond motifs is 1. The molecule has 3 N–H and O–H groups in total. The summed E-state index contributed by atoms with van der Waals surface area (Å²) >= 11 is 0.662. The Morgan fingerprint density at radius 1 is 1.10 bits per heavy atom. The third-order valence-corrected chi connectivity index (χ3v) is 7.67. The molecule has 0 aliphatic rings. The number of nitrogens with zero attached hydrogens (tertiary/aromatic N) is 3. The van der Waals surface area contributed by atoms with Crippen molar-refractivity contribution in [1.29, 1.82) is 0 Å². The maximum Gasteiger partial charge on any atom is 0.433 e. The van der Waals surface area contributed by atoms with Gasteiger partial charge in [-0.3, -0.25) is 14.3 Å². The van der Waals surface area contributed by atoms with Gasteiger partial charge in [-0.05, 0) is 74.7 Å². The van der Waals surface area contributed by atoms with Crippen LogP contribution in [0.25, 0.3) is 21.3 Å².